The molecule has 1 saturated heterocycles. The molecule has 2 aromatic heterocycles. The number of aromatic nitrogens is 2. The largest absolute Gasteiger partial charge is 0.497 e. The number of aliphatic carboxylic acids is 1. The molecule has 3 atom stereocenters. The number of halogens is 1. The predicted molar refractivity (Wildman–Crippen MR) is 143 cm³/mol. The highest BCUT2D eigenvalue weighted by molar-refractivity contribution is 5.83. The summed E-state index contributed by atoms with van der Waals surface area (Å²) < 4.78 is 20.9. The van der Waals surface area contributed by atoms with Gasteiger partial charge >= 0.3 is 5.97 Å². The van der Waals surface area contributed by atoms with E-state index in [2.05, 4.69) is 20.9 Å². The molecule has 1 N–H and O–H groups in total. The summed E-state index contributed by atoms with van der Waals surface area (Å²) in [7, 11) is 1.61. The summed E-state index contributed by atoms with van der Waals surface area (Å²) in [4.78, 5) is 22.5. The number of aryl methyl sites for hydroxylation is 1. The highest BCUT2D eigenvalue weighted by atomic mass is 19.1. The van der Waals surface area contributed by atoms with Crippen molar-refractivity contribution in [1.29, 1.82) is 0 Å². The summed E-state index contributed by atoms with van der Waals surface area (Å²) in [6.07, 6.45) is 8.56. The lowest BCUT2D eigenvalue weighted by Crippen LogP contribution is -2.41. The molecule has 0 amide bonds. The van der Waals surface area contributed by atoms with Gasteiger partial charge in [-0.15, -0.1) is 0 Å². The first-order chi connectivity index (χ1) is 18.0. The maximum atomic E-state index is 15.5. The fourth-order valence-electron chi connectivity index (χ4n) is 5.63. The minimum atomic E-state index is -1.10. The molecule has 3 heterocycles. The zero-order chi connectivity index (χ0) is 26.0. The number of likely N-dealkylation sites (tertiary alicyclic amines) is 1. The summed E-state index contributed by atoms with van der Waals surface area (Å²) in [5, 5.41) is 10.1. The van der Waals surface area contributed by atoms with Crippen LogP contribution in [0.2, 0.25) is 0 Å². The van der Waals surface area contributed by atoms with Gasteiger partial charge in [-0.2, -0.15) is 0 Å². The van der Waals surface area contributed by atoms with Crippen molar-refractivity contribution < 1.29 is 19.0 Å². The van der Waals surface area contributed by atoms with E-state index in [1.807, 2.05) is 36.5 Å². The molecule has 0 saturated carbocycles. The lowest BCUT2D eigenvalue weighted by molar-refractivity contribution is -0.137. The van der Waals surface area contributed by atoms with Crippen molar-refractivity contribution in [1.82, 2.24) is 14.9 Å². The van der Waals surface area contributed by atoms with Gasteiger partial charge in [0, 0.05) is 36.4 Å². The van der Waals surface area contributed by atoms with Crippen LogP contribution in [0, 0.1) is 11.8 Å². The van der Waals surface area contributed by atoms with Crippen LogP contribution in [-0.2, 0) is 11.2 Å². The van der Waals surface area contributed by atoms with Gasteiger partial charge in [0.15, 0.2) is 0 Å². The molecular formula is C30H38FN3O3. The van der Waals surface area contributed by atoms with Gasteiger partial charge in [-0.05, 0) is 112 Å². The van der Waals surface area contributed by atoms with E-state index in [0.717, 1.165) is 68.3 Å². The van der Waals surface area contributed by atoms with Gasteiger partial charge in [0.25, 0.3) is 0 Å². The second kappa shape index (κ2) is 13.5. The predicted octanol–water partition coefficient (Wildman–Crippen LogP) is 6.26. The van der Waals surface area contributed by atoms with E-state index in [1.54, 1.807) is 19.4 Å². The Morgan fingerprint density at radius 2 is 2.03 bits per heavy atom. The maximum Gasteiger partial charge on any atom is 0.303 e. The van der Waals surface area contributed by atoms with Gasteiger partial charge < -0.3 is 14.7 Å². The minimum Gasteiger partial charge on any atom is -0.497 e. The van der Waals surface area contributed by atoms with Crippen LogP contribution in [0.15, 0.2) is 54.9 Å². The summed E-state index contributed by atoms with van der Waals surface area (Å²) in [5.74, 6) is 0.550. The fraction of sp³-hybridized carbons (Fsp3) is 0.500. The second-order valence-corrected chi connectivity index (χ2v) is 10.1. The standard InChI is InChI=1S/C30H38FN3O3/c1-37-25-10-12-29-27(20-25)26(14-17-33-29)28(31)11-8-22-15-19-34(21-23(22)9-13-30(35)36)18-5-3-7-24-6-2-4-16-32-24/h2,4,6,10,12,14,16-17,20,22-23,28H,3,5,7-9,11,13,15,18-19,21H2,1H3,(H,35,36)/t22-,23-,28-/m1/s1. The maximum absolute atomic E-state index is 15.5. The number of fused-ring (bicyclic) bond motifs is 1. The Kier molecular flexibility index (Phi) is 9.83. The van der Waals surface area contributed by atoms with Gasteiger partial charge in [0.2, 0.25) is 0 Å². The average molecular weight is 508 g/mol. The summed E-state index contributed by atoms with van der Waals surface area (Å²) in [6.45, 7) is 2.90. The molecule has 37 heavy (non-hydrogen) atoms. The number of benzene rings is 1. The number of hydrogen-bond acceptors (Lipinski definition) is 5. The third kappa shape index (κ3) is 7.71. The normalized spacial score (nSPS) is 19.1. The number of pyridine rings is 2. The highest BCUT2D eigenvalue weighted by Gasteiger charge is 2.30. The van der Waals surface area contributed by atoms with Gasteiger partial charge in [0.05, 0.1) is 12.6 Å². The second-order valence-electron chi connectivity index (χ2n) is 10.1. The Hall–Kier alpha value is -3.06. The smallest absolute Gasteiger partial charge is 0.303 e. The zero-order valence-electron chi connectivity index (χ0n) is 21.7. The van der Waals surface area contributed by atoms with Crippen molar-refractivity contribution in [2.75, 3.05) is 26.7 Å². The molecule has 6 nitrogen and oxygen atoms in total. The summed E-state index contributed by atoms with van der Waals surface area (Å²) in [5.41, 5.74) is 2.54. The number of carbonyl (C=O) groups is 1. The highest BCUT2D eigenvalue weighted by Crippen LogP contribution is 2.36. The molecule has 198 valence electrons. The van der Waals surface area contributed by atoms with E-state index in [4.69, 9.17) is 4.74 Å². The van der Waals surface area contributed by atoms with Crippen LogP contribution in [0.5, 0.6) is 5.75 Å². The third-order valence-corrected chi connectivity index (χ3v) is 7.70. The van der Waals surface area contributed by atoms with Crippen molar-refractivity contribution in [2.45, 2.75) is 57.5 Å². The molecule has 0 aliphatic carbocycles. The van der Waals surface area contributed by atoms with Gasteiger partial charge in [0.1, 0.15) is 11.9 Å². The zero-order valence-corrected chi connectivity index (χ0v) is 21.7. The number of hydrogen-bond donors (Lipinski definition) is 1. The summed E-state index contributed by atoms with van der Waals surface area (Å²) >= 11 is 0. The van der Waals surface area contributed by atoms with E-state index in [1.165, 1.54) is 0 Å². The number of carboxylic acids is 1. The fourth-order valence-corrected chi connectivity index (χ4v) is 5.63. The van der Waals surface area contributed by atoms with Crippen molar-refractivity contribution in [3.63, 3.8) is 0 Å². The molecule has 1 aromatic carbocycles. The lowest BCUT2D eigenvalue weighted by Gasteiger charge is -2.39. The number of methoxy groups -OCH3 is 1. The van der Waals surface area contributed by atoms with Gasteiger partial charge in [-0.3, -0.25) is 14.8 Å². The topological polar surface area (TPSA) is 75.5 Å². The molecule has 7 heteroatoms. The molecule has 3 aromatic rings. The Morgan fingerprint density at radius 1 is 1.14 bits per heavy atom. The van der Waals surface area contributed by atoms with E-state index >= 15 is 4.39 Å². The quantitative estimate of drug-likeness (QED) is 0.276. The van der Waals surface area contributed by atoms with Gasteiger partial charge in [-0.25, -0.2) is 4.39 Å². The number of alkyl halides is 1. The first-order valence-electron chi connectivity index (χ1n) is 13.4. The van der Waals surface area contributed by atoms with Crippen LogP contribution in [0.1, 0.15) is 62.4 Å². The van der Waals surface area contributed by atoms with E-state index in [-0.39, 0.29) is 12.3 Å². The number of piperidine rings is 1. The van der Waals surface area contributed by atoms with Crippen LogP contribution in [0.3, 0.4) is 0 Å². The molecule has 1 aliphatic heterocycles. The van der Waals surface area contributed by atoms with Crippen molar-refractivity contribution in [2.24, 2.45) is 11.8 Å². The number of nitrogens with zero attached hydrogens (tertiary/aromatic N) is 3. The monoisotopic (exact) mass is 507 g/mol. The number of rotatable bonds is 13. The minimum absolute atomic E-state index is 0.169. The Morgan fingerprint density at radius 3 is 2.81 bits per heavy atom. The summed E-state index contributed by atoms with van der Waals surface area (Å²) in [6, 6.07) is 13.3. The first kappa shape index (κ1) is 27.0. The number of carboxylic acid groups (broad SMARTS) is 1. The molecule has 4 rings (SSSR count). The molecular weight excluding hydrogens is 469 g/mol. The van der Waals surface area contributed by atoms with Crippen LogP contribution in [-0.4, -0.2) is 52.7 Å². The van der Waals surface area contributed by atoms with Crippen LogP contribution >= 0.6 is 0 Å². The average Bonchev–Trinajstić information content (AvgIpc) is 2.93. The number of unbranched alkanes of at least 4 members (excludes halogenated alkanes) is 1. The Bertz CT molecular complexity index is 1140. The van der Waals surface area contributed by atoms with Crippen LogP contribution < -0.4 is 4.74 Å². The molecule has 1 fully saturated rings. The van der Waals surface area contributed by atoms with E-state index in [9.17, 15) is 9.90 Å². The Balaban J connectivity index is 1.32. The van der Waals surface area contributed by atoms with Crippen molar-refractivity contribution >= 4 is 16.9 Å². The lowest BCUT2D eigenvalue weighted by atomic mass is 9.79. The molecule has 1 aliphatic rings. The van der Waals surface area contributed by atoms with Crippen molar-refractivity contribution in [3.05, 3.63) is 66.1 Å². The SMILES string of the molecule is COc1ccc2nccc([C@H](F)CC[C@@H]3CCN(CCCCc4ccccn4)C[C@H]3CCC(=O)O)c2c1. The Labute approximate surface area is 218 Å². The third-order valence-electron chi connectivity index (χ3n) is 7.70. The first-order valence-corrected chi connectivity index (χ1v) is 13.4. The molecule has 0 unspecified atom stereocenters. The molecule has 0 radical (unpaired) electrons. The van der Waals surface area contributed by atoms with Crippen LogP contribution in [0.4, 0.5) is 4.39 Å². The van der Waals surface area contributed by atoms with Crippen LogP contribution in [0.25, 0.3) is 10.9 Å². The molecule has 0 spiro atoms. The number of ether oxygens (including phenoxy) is 1. The van der Waals surface area contributed by atoms with E-state index in [0.29, 0.717) is 30.1 Å². The van der Waals surface area contributed by atoms with E-state index < -0.39 is 12.1 Å². The van der Waals surface area contributed by atoms with Gasteiger partial charge in [-0.1, -0.05) is 6.07 Å². The molecule has 0 bridgehead atoms. The van der Waals surface area contributed by atoms with Crippen molar-refractivity contribution in [3.8, 4) is 5.75 Å².